The molecular formula is C18H29N5O2. The number of rotatable bonds is 4. The largest absolute Gasteiger partial charge is 0.481 e. The molecule has 7 heteroatoms. The molecule has 2 aliphatic rings. The maximum Gasteiger partial charge on any atom is 0.317 e. The van der Waals surface area contributed by atoms with Gasteiger partial charge >= 0.3 is 6.03 Å². The number of hydrogen-bond acceptors (Lipinski definition) is 5. The van der Waals surface area contributed by atoms with Gasteiger partial charge in [0.05, 0.1) is 7.11 Å². The van der Waals surface area contributed by atoms with Crippen LogP contribution in [0.4, 0.5) is 10.7 Å². The number of urea groups is 1. The molecule has 2 heterocycles. The van der Waals surface area contributed by atoms with E-state index in [0.717, 1.165) is 25.6 Å². The molecule has 1 saturated heterocycles. The van der Waals surface area contributed by atoms with E-state index in [-0.39, 0.29) is 6.03 Å². The minimum Gasteiger partial charge on any atom is -0.481 e. The molecule has 2 amide bonds. The van der Waals surface area contributed by atoms with Crippen LogP contribution in [0.2, 0.25) is 0 Å². The summed E-state index contributed by atoms with van der Waals surface area (Å²) in [4.78, 5) is 25.0. The van der Waals surface area contributed by atoms with Crippen LogP contribution in [-0.4, -0.2) is 60.7 Å². The first kappa shape index (κ1) is 17.8. The summed E-state index contributed by atoms with van der Waals surface area (Å²) in [5.41, 5.74) is 0. The second-order valence-corrected chi connectivity index (χ2v) is 7.19. The highest BCUT2D eigenvalue weighted by Gasteiger charge is 2.24. The molecule has 1 aliphatic carbocycles. The summed E-state index contributed by atoms with van der Waals surface area (Å²) in [5.74, 6) is 2.72. The number of anilines is 1. The van der Waals surface area contributed by atoms with Gasteiger partial charge in [-0.3, -0.25) is 0 Å². The average molecular weight is 347 g/mol. The molecule has 1 saturated carbocycles. The molecule has 1 aromatic heterocycles. The highest BCUT2D eigenvalue weighted by Crippen LogP contribution is 2.27. The summed E-state index contributed by atoms with van der Waals surface area (Å²) < 4.78 is 5.15. The smallest absolute Gasteiger partial charge is 0.317 e. The zero-order chi connectivity index (χ0) is 17.6. The van der Waals surface area contributed by atoms with Crippen molar-refractivity contribution in [1.29, 1.82) is 0 Å². The van der Waals surface area contributed by atoms with Gasteiger partial charge in [0.1, 0.15) is 0 Å². The minimum atomic E-state index is 0.0600. The molecule has 138 valence electrons. The van der Waals surface area contributed by atoms with Gasteiger partial charge in [-0.25, -0.2) is 9.78 Å². The lowest BCUT2D eigenvalue weighted by molar-refractivity contribution is 0.189. The summed E-state index contributed by atoms with van der Waals surface area (Å²) in [6.07, 6.45) is 6.76. The second-order valence-electron chi connectivity index (χ2n) is 7.19. The Morgan fingerprint density at radius 3 is 2.64 bits per heavy atom. The van der Waals surface area contributed by atoms with E-state index >= 15 is 0 Å². The third kappa shape index (κ3) is 4.74. The van der Waals surface area contributed by atoms with Crippen LogP contribution < -0.4 is 15.0 Å². The third-order valence-corrected chi connectivity index (χ3v) is 5.35. The van der Waals surface area contributed by atoms with Crippen molar-refractivity contribution in [3.05, 3.63) is 12.3 Å². The van der Waals surface area contributed by atoms with Gasteiger partial charge in [0.2, 0.25) is 11.8 Å². The van der Waals surface area contributed by atoms with Gasteiger partial charge in [0.25, 0.3) is 0 Å². The summed E-state index contributed by atoms with van der Waals surface area (Å²) in [6, 6.07) is 1.80. The maximum atomic E-state index is 12.4. The second kappa shape index (κ2) is 8.36. The molecule has 1 aromatic rings. The first-order chi connectivity index (χ1) is 12.2. The van der Waals surface area contributed by atoms with Crippen molar-refractivity contribution in [2.75, 3.05) is 44.7 Å². The number of methoxy groups -OCH3 is 1. The average Bonchev–Trinajstić information content (AvgIpc) is 2.67. The predicted molar refractivity (Wildman–Crippen MR) is 96.9 cm³/mol. The Hall–Kier alpha value is -2.05. The first-order valence-electron chi connectivity index (χ1n) is 9.30. The van der Waals surface area contributed by atoms with Gasteiger partial charge < -0.3 is 19.9 Å². The Morgan fingerprint density at radius 1 is 1.24 bits per heavy atom. The van der Waals surface area contributed by atoms with Gasteiger partial charge in [0, 0.05) is 45.0 Å². The lowest BCUT2D eigenvalue weighted by Crippen LogP contribution is -2.52. The standard InChI is InChI=1S/C18H29N5O2/c1-14-3-5-15(6-4-14)13-20-18(24)23-11-9-22(10-12-23)17-19-8-7-16(21-17)25-2/h7-8,14-15H,3-6,9-13H2,1-2H3,(H,20,24). The lowest BCUT2D eigenvalue weighted by Gasteiger charge is -2.35. The Labute approximate surface area is 149 Å². The van der Waals surface area contributed by atoms with Gasteiger partial charge in [-0.2, -0.15) is 4.98 Å². The van der Waals surface area contributed by atoms with E-state index in [1.54, 1.807) is 19.4 Å². The van der Waals surface area contributed by atoms with Crippen LogP contribution in [-0.2, 0) is 0 Å². The predicted octanol–water partition coefficient (Wildman–Crippen LogP) is 2.14. The van der Waals surface area contributed by atoms with Crippen LogP contribution in [0.15, 0.2) is 12.3 Å². The van der Waals surface area contributed by atoms with E-state index in [0.29, 0.717) is 30.8 Å². The van der Waals surface area contributed by atoms with Crippen LogP contribution >= 0.6 is 0 Å². The van der Waals surface area contributed by atoms with E-state index in [9.17, 15) is 4.79 Å². The minimum absolute atomic E-state index is 0.0600. The summed E-state index contributed by atoms with van der Waals surface area (Å²) in [5, 5.41) is 3.13. The van der Waals surface area contributed by atoms with Crippen molar-refractivity contribution >= 4 is 12.0 Å². The van der Waals surface area contributed by atoms with E-state index in [2.05, 4.69) is 27.1 Å². The zero-order valence-corrected chi connectivity index (χ0v) is 15.3. The zero-order valence-electron chi connectivity index (χ0n) is 15.3. The van der Waals surface area contributed by atoms with Crippen LogP contribution in [0.3, 0.4) is 0 Å². The Balaban J connectivity index is 1.43. The molecule has 25 heavy (non-hydrogen) atoms. The van der Waals surface area contributed by atoms with Crippen molar-refractivity contribution in [2.45, 2.75) is 32.6 Å². The van der Waals surface area contributed by atoms with Gasteiger partial charge in [-0.05, 0) is 24.7 Å². The topological polar surface area (TPSA) is 70.6 Å². The summed E-state index contributed by atoms with van der Waals surface area (Å²) in [6.45, 7) is 5.98. The monoisotopic (exact) mass is 347 g/mol. The molecule has 0 spiro atoms. The van der Waals surface area contributed by atoms with E-state index in [1.165, 1.54) is 25.7 Å². The number of carbonyl (C=O) groups excluding carboxylic acids is 1. The highest BCUT2D eigenvalue weighted by atomic mass is 16.5. The van der Waals surface area contributed by atoms with E-state index in [4.69, 9.17) is 4.74 Å². The number of carbonyl (C=O) groups is 1. The quantitative estimate of drug-likeness (QED) is 0.904. The third-order valence-electron chi connectivity index (χ3n) is 5.35. The van der Waals surface area contributed by atoms with Crippen molar-refractivity contribution in [3.63, 3.8) is 0 Å². The molecule has 0 atom stereocenters. The Bertz CT molecular complexity index is 566. The number of piperazine rings is 1. The van der Waals surface area contributed by atoms with E-state index in [1.807, 2.05) is 4.90 Å². The Kier molecular flexibility index (Phi) is 5.94. The van der Waals surface area contributed by atoms with E-state index < -0.39 is 0 Å². The van der Waals surface area contributed by atoms with Crippen LogP contribution in [0.1, 0.15) is 32.6 Å². The van der Waals surface area contributed by atoms with Gasteiger partial charge in [0.15, 0.2) is 0 Å². The fourth-order valence-electron chi connectivity index (χ4n) is 3.58. The molecule has 0 bridgehead atoms. The normalized spacial score (nSPS) is 24.1. The van der Waals surface area contributed by atoms with Crippen molar-refractivity contribution < 1.29 is 9.53 Å². The maximum absolute atomic E-state index is 12.4. The summed E-state index contributed by atoms with van der Waals surface area (Å²) in [7, 11) is 1.60. The fraction of sp³-hybridized carbons (Fsp3) is 0.722. The number of hydrogen-bond donors (Lipinski definition) is 1. The number of ether oxygens (including phenoxy) is 1. The van der Waals surface area contributed by atoms with Crippen LogP contribution in [0.25, 0.3) is 0 Å². The number of nitrogens with zero attached hydrogens (tertiary/aromatic N) is 4. The number of amides is 2. The van der Waals surface area contributed by atoms with Crippen molar-refractivity contribution in [2.24, 2.45) is 11.8 Å². The molecule has 7 nitrogen and oxygen atoms in total. The number of aromatic nitrogens is 2. The molecular weight excluding hydrogens is 318 g/mol. The lowest BCUT2D eigenvalue weighted by atomic mass is 9.83. The molecule has 0 radical (unpaired) electrons. The fourth-order valence-corrected chi connectivity index (χ4v) is 3.58. The molecule has 0 unspecified atom stereocenters. The molecule has 2 fully saturated rings. The Morgan fingerprint density at radius 2 is 1.96 bits per heavy atom. The molecule has 0 aromatic carbocycles. The summed E-state index contributed by atoms with van der Waals surface area (Å²) >= 11 is 0. The van der Waals surface area contributed by atoms with Crippen LogP contribution in [0.5, 0.6) is 5.88 Å². The van der Waals surface area contributed by atoms with Crippen molar-refractivity contribution in [3.8, 4) is 5.88 Å². The first-order valence-corrected chi connectivity index (χ1v) is 9.30. The van der Waals surface area contributed by atoms with Gasteiger partial charge in [-0.15, -0.1) is 0 Å². The van der Waals surface area contributed by atoms with Crippen molar-refractivity contribution in [1.82, 2.24) is 20.2 Å². The highest BCUT2D eigenvalue weighted by molar-refractivity contribution is 5.74. The molecule has 1 N–H and O–H groups in total. The van der Waals surface area contributed by atoms with Gasteiger partial charge in [-0.1, -0.05) is 19.8 Å². The van der Waals surface area contributed by atoms with Crippen LogP contribution in [0, 0.1) is 11.8 Å². The SMILES string of the molecule is COc1ccnc(N2CCN(C(=O)NCC3CCC(C)CC3)CC2)n1. The molecule has 1 aliphatic heterocycles. The number of nitrogens with one attached hydrogen (secondary N) is 1. The molecule has 3 rings (SSSR count).